The van der Waals surface area contributed by atoms with E-state index >= 15 is 0 Å². The molecule has 2 heterocycles. The van der Waals surface area contributed by atoms with E-state index < -0.39 is 0 Å². The Kier molecular flexibility index (Phi) is 3.16. The molecule has 1 unspecified atom stereocenters. The molecule has 1 aliphatic carbocycles. The molecule has 0 aromatic carbocycles. The molecule has 1 saturated carbocycles. The van der Waals surface area contributed by atoms with Crippen LogP contribution >= 0.6 is 0 Å². The highest BCUT2D eigenvalue weighted by Gasteiger charge is 2.32. The molecule has 1 aliphatic heterocycles. The number of nitrogen functional groups attached to an aromatic ring is 1. The van der Waals surface area contributed by atoms with Crippen molar-refractivity contribution in [1.29, 1.82) is 0 Å². The van der Waals surface area contributed by atoms with Gasteiger partial charge in [-0.25, -0.2) is 0 Å². The van der Waals surface area contributed by atoms with E-state index in [0.29, 0.717) is 37.0 Å². The van der Waals surface area contributed by atoms with Crippen molar-refractivity contribution in [2.24, 2.45) is 0 Å². The minimum atomic E-state index is -0.319. The Morgan fingerprint density at radius 1 is 1.58 bits per heavy atom. The van der Waals surface area contributed by atoms with Crippen molar-refractivity contribution in [2.45, 2.75) is 24.9 Å². The summed E-state index contributed by atoms with van der Waals surface area (Å²) in [5, 5.41) is 16.0. The molecule has 0 bridgehead atoms. The number of hydrogen-bond acceptors (Lipinski definition) is 5. The first-order valence-corrected chi connectivity index (χ1v) is 6.56. The molecule has 0 radical (unpaired) electrons. The number of amides is 1. The largest absolute Gasteiger partial charge is 0.395 e. The number of anilines is 1. The lowest BCUT2D eigenvalue weighted by atomic mass is 10.2. The van der Waals surface area contributed by atoms with Crippen molar-refractivity contribution in [1.82, 2.24) is 15.1 Å². The number of hydrogen-bond donors (Lipinski definition) is 3. The normalized spacial score (nSPS) is 23.6. The van der Waals surface area contributed by atoms with Gasteiger partial charge in [0.2, 0.25) is 0 Å². The van der Waals surface area contributed by atoms with Gasteiger partial charge in [-0.3, -0.25) is 9.89 Å². The number of carbonyl (C=O) groups is 1. The number of carbonyl (C=O) groups excluding carboxylic acids is 1. The van der Waals surface area contributed by atoms with E-state index in [9.17, 15) is 4.79 Å². The van der Waals surface area contributed by atoms with Crippen molar-refractivity contribution in [3.05, 3.63) is 11.4 Å². The third kappa shape index (κ3) is 2.31. The van der Waals surface area contributed by atoms with Gasteiger partial charge in [0.1, 0.15) is 0 Å². The number of aromatic amines is 1. The van der Waals surface area contributed by atoms with Crippen molar-refractivity contribution >= 4 is 11.6 Å². The van der Waals surface area contributed by atoms with E-state index in [1.54, 1.807) is 4.90 Å². The fourth-order valence-corrected chi connectivity index (χ4v) is 2.37. The van der Waals surface area contributed by atoms with Gasteiger partial charge in [0.05, 0.1) is 30.7 Å². The predicted molar refractivity (Wildman–Crippen MR) is 67.7 cm³/mol. The summed E-state index contributed by atoms with van der Waals surface area (Å²) >= 11 is 0. The third-order valence-electron chi connectivity index (χ3n) is 3.65. The molecule has 3 rings (SSSR count). The number of morpholine rings is 1. The van der Waals surface area contributed by atoms with E-state index in [1.807, 2.05) is 0 Å². The molecule has 7 heteroatoms. The molecule has 2 fully saturated rings. The van der Waals surface area contributed by atoms with Crippen LogP contribution in [0.5, 0.6) is 0 Å². The van der Waals surface area contributed by atoms with Crippen LogP contribution in [0.4, 0.5) is 5.69 Å². The molecule has 19 heavy (non-hydrogen) atoms. The molecule has 7 nitrogen and oxygen atoms in total. The molecule has 0 spiro atoms. The summed E-state index contributed by atoms with van der Waals surface area (Å²) in [6.07, 6.45) is 1.88. The molecule has 2 aliphatic rings. The first-order chi connectivity index (χ1) is 9.20. The zero-order chi connectivity index (χ0) is 13.4. The van der Waals surface area contributed by atoms with Crippen LogP contribution in [0.1, 0.15) is 34.9 Å². The van der Waals surface area contributed by atoms with Gasteiger partial charge in [-0.15, -0.1) is 0 Å². The van der Waals surface area contributed by atoms with E-state index in [2.05, 4.69) is 10.2 Å². The van der Waals surface area contributed by atoms with Crippen LogP contribution in [0.15, 0.2) is 0 Å². The summed E-state index contributed by atoms with van der Waals surface area (Å²) in [6, 6.07) is 0. The highest BCUT2D eigenvalue weighted by Crippen LogP contribution is 2.42. The maximum Gasteiger partial charge on any atom is 0.276 e. The van der Waals surface area contributed by atoms with Crippen molar-refractivity contribution < 1.29 is 14.6 Å². The second-order valence-electron chi connectivity index (χ2n) is 5.10. The summed E-state index contributed by atoms with van der Waals surface area (Å²) in [7, 11) is 0. The molecule has 1 amide bonds. The summed E-state index contributed by atoms with van der Waals surface area (Å²) in [6.45, 7) is 1.21. The quantitative estimate of drug-likeness (QED) is 0.697. The van der Waals surface area contributed by atoms with Gasteiger partial charge >= 0.3 is 0 Å². The Hall–Kier alpha value is -1.60. The van der Waals surface area contributed by atoms with E-state index in [-0.39, 0.29) is 18.6 Å². The SMILES string of the molecule is Nc1c(C(=O)N2CCOC(CO)C2)n[nH]c1C1CC1. The second kappa shape index (κ2) is 4.82. The monoisotopic (exact) mass is 266 g/mol. The zero-order valence-corrected chi connectivity index (χ0v) is 10.6. The number of nitrogens with zero attached hydrogens (tertiary/aromatic N) is 2. The predicted octanol–water partition coefficient (Wildman–Crippen LogP) is -0.297. The molecule has 1 atom stereocenters. The molecular weight excluding hydrogens is 248 g/mol. The lowest BCUT2D eigenvalue weighted by Crippen LogP contribution is -2.47. The van der Waals surface area contributed by atoms with Crippen molar-refractivity contribution in [3.63, 3.8) is 0 Å². The summed E-state index contributed by atoms with van der Waals surface area (Å²) in [5.74, 6) is 0.242. The van der Waals surface area contributed by atoms with Crippen LogP contribution in [0, 0.1) is 0 Å². The molecule has 1 aromatic heterocycles. The highest BCUT2D eigenvalue weighted by atomic mass is 16.5. The highest BCUT2D eigenvalue weighted by molar-refractivity contribution is 5.97. The van der Waals surface area contributed by atoms with Crippen LogP contribution in [0.25, 0.3) is 0 Å². The Balaban J connectivity index is 1.75. The Labute approximate surface area is 110 Å². The molecule has 4 N–H and O–H groups in total. The first kappa shape index (κ1) is 12.4. The number of H-pyrrole nitrogens is 1. The van der Waals surface area contributed by atoms with E-state index in [0.717, 1.165) is 18.5 Å². The Morgan fingerprint density at radius 3 is 3.05 bits per heavy atom. The standard InChI is InChI=1S/C12H18N4O3/c13-9-10(7-1-2-7)14-15-11(9)12(18)16-3-4-19-8(5-16)6-17/h7-8,17H,1-6,13H2,(H,14,15). The smallest absolute Gasteiger partial charge is 0.276 e. The first-order valence-electron chi connectivity index (χ1n) is 6.56. The molecule has 1 aromatic rings. The lowest BCUT2D eigenvalue weighted by molar-refractivity contribution is -0.0448. The topological polar surface area (TPSA) is 104 Å². The minimum absolute atomic E-state index is 0.0901. The maximum atomic E-state index is 12.4. The minimum Gasteiger partial charge on any atom is -0.395 e. The fourth-order valence-electron chi connectivity index (χ4n) is 2.37. The van der Waals surface area contributed by atoms with Gasteiger partial charge < -0.3 is 20.5 Å². The van der Waals surface area contributed by atoms with Crippen LogP contribution in [-0.2, 0) is 4.74 Å². The fraction of sp³-hybridized carbons (Fsp3) is 0.667. The van der Waals surface area contributed by atoms with Crippen molar-refractivity contribution in [3.8, 4) is 0 Å². The molecule has 104 valence electrons. The number of nitrogens with two attached hydrogens (primary N) is 1. The average Bonchev–Trinajstić information content (AvgIpc) is 3.21. The number of nitrogens with one attached hydrogen (secondary N) is 1. The van der Waals surface area contributed by atoms with Gasteiger partial charge in [0, 0.05) is 19.0 Å². The van der Waals surface area contributed by atoms with Crippen LogP contribution in [0.3, 0.4) is 0 Å². The van der Waals surface area contributed by atoms with Gasteiger partial charge in [-0.2, -0.15) is 5.10 Å². The molecular formula is C12H18N4O3. The van der Waals surface area contributed by atoms with Crippen LogP contribution in [0.2, 0.25) is 0 Å². The summed E-state index contributed by atoms with van der Waals surface area (Å²) < 4.78 is 5.32. The van der Waals surface area contributed by atoms with Crippen molar-refractivity contribution in [2.75, 3.05) is 32.0 Å². The van der Waals surface area contributed by atoms with Crippen LogP contribution < -0.4 is 5.73 Å². The zero-order valence-electron chi connectivity index (χ0n) is 10.6. The Morgan fingerprint density at radius 2 is 2.37 bits per heavy atom. The number of aromatic nitrogens is 2. The van der Waals surface area contributed by atoms with Gasteiger partial charge in [-0.05, 0) is 12.8 Å². The van der Waals surface area contributed by atoms with Crippen LogP contribution in [-0.4, -0.2) is 58.5 Å². The van der Waals surface area contributed by atoms with E-state index in [1.165, 1.54) is 0 Å². The third-order valence-corrected chi connectivity index (χ3v) is 3.65. The number of aliphatic hydroxyl groups excluding tert-OH is 1. The average molecular weight is 266 g/mol. The lowest BCUT2D eigenvalue weighted by Gasteiger charge is -2.31. The van der Waals surface area contributed by atoms with E-state index in [4.69, 9.17) is 15.6 Å². The van der Waals surface area contributed by atoms with Gasteiger partial charge in [0.25, 0.3) is 5.91 Å². The summed E-state index contributed by atoms with van der Waals surface area (Å²) in [4.78, 5) is 14.0. The number of rotatable bonds is 3. The Bertz CT molecular complexity index is 483. The maximum absolute atomic E-state index is 12.4. The summed E-state index contributed by atoms with van der Waals surface area (Å²) in [5.41, 5.74) is 7.65. The number of aliphatic hydroxyl groups is 1. The second-order valence-corrected chi connectivity index (χ2v) is 5.10. The van der Waals surface area contributed by atoms with Gasteiger partial charge in [-0.1, -0.05) is 0 Å². The number of ether oxygens (including phenoxy) is 1. The molecule has 1 saturated heterocycles. The van der Waals surface area contributed by atoms with Gasteiger partial charge in [0.15, 0.2) is 5.69 Å².